The minimum atomic E-state index is 0.0627. The van der Waals surface area contributed by atoms with Crippen molar-refractivity contribution in [3.8, 4) is 0 Å². The molecule has 116 valence electrons. The second kappa shape index (κ2) is 5.76. The van der Waals surface area contributed by atoms with E-state index >= 15 is 0 Å². The summed E-state index contributed by atoms with van der Waals surface area (Å²) in [5.74, 6) is 1.38. The molecule has 3 heteroatoms. The maximum Gasteiger partial charge on any atom is 0.137 e. The summed E-state index contributed by atoms with van der Waals surface area (Å²) < 4.78 is 5.58. The number of ketones is 1. The Kier molecular flexibility index (Phi) is 4.60. The Morgan fingerprint density at radius 1 is 1.35 bits per heavy atom. The second-order valence-electron chi connectivity index (χ2n) is 8.31. The molecule has 2 unspecified atom stereocenters. The molecule has 1 saturated heterocycles. The number of rotatable bonds is 2. The third-order valence-corrected chi connectivity index (χ3v) is 5.25. The molecule has 0 aromatic carbocycles. The van der Waals surface area contributed by atoms with Gasteiger partial charge in [-0.3, -0.25) is 9.69 Å². The van der Waals surface area contributed by atoms with Gasteiger partial charge in [-0.2, -0.15) is 0 Å². The van der Waals surface area contributed by atoms with Crippen LogP contribution >= 0.6 is 0 Å². The Morgan fingerprint density at radius 3 is 2.65 bits per heavy atom. The third-order valence-electron chi connectivity index (χ3n) is 5.25. The lowest BCUT2D eigenvalue weighted by Crippen LogP contribution is -2.55. The average molecular weight is 281 g/mol. The fourth-order valence-corrected chi connectivity index (χ4v) is 3.57. The lowest BCUT2D eigenvalue weighted by Gasteiger charge is -2.45. The second-order valence-corrected chi connectivity index (χ2v) is 8.31. The van der Waals surface area contributed by atoms with E-state index in [2.05, 4.69) is 39.5 Å². The summed E-state index contributed by atoms with van der Waals surface area (Å²) in [5, 5.41) is 0. The molecule has 0 aromatic rings. The summed E-state index contributed by atoms with van der Waals surface area (Å²) in [4.78, 5) is 14.8. The van der Waals surface area contributed by atoms with E-state index in [1.807, 2.05) is 0 Å². The van der Waals surface area contributed by atoms with Gasteiger partial charge in [-0.25, -0.2) is 0 Å². The number of carbonyl (C=O) groups is 1. The normalized spacial score (nSPS) is 32.4. The predicted molar refractivity (Wildman–Crippen MR) is 81.8 cm³/mol. The smallest absolute Gasteiger partial charge is 0.137 e. The van der Waals surface area contributed by atoms with Gasteiger partial charge in [-0.05, 0) is 38.0 Å². The van der Waals surface area contributed by atoms with Crippen LogP contribution in [0.15, 0.2) is 0 Å². The van der Waals surface area contributed by atoms with Crippen molar-refractivity contribution in [2.45, 2.75) is 59.4 Å². The molecule has 1 heterocycles. The molecule has 0 aromatic heterocycles. The maximum atomic E-state index is 12.3. The van der Waals surface area contributed by atoms with Crippen LogP contribution < -0.4 is 0 Å². The van der Waals surface area contributed by atoms with Crippen molar-refractivity contribution in [3.63, 3.8) is 0 Å². The van der Waals surface area contributed by atoms with Gasteiger partial charge >= 0.3 is 0 Å². The maximum absolute atomic E-state index is 12.3. The predicted octanol–water partition coefficient (Wildman–Crippen LogP) is 3.13. The van der Waals surface area contributed by atoms with Crippen LogP contribution in [-0.2, 0) is 9.53 Å². The molecule has 20 heavy (non-hydrogen) atoms. The van der Waals surface area contributed by atoms with Gasteiger partial charge in [0.05, 0.1) is 13.2 Å². The number of hydrogen-bond donors (Lipinski definition) is 0. The van der Waals surface area contributed by atoms with E-state index in [1.165, 1.54) is 0 Å². The van der Waals surface area contributed by atoms with Gasteiger partial charge in [-0.1, -0.05) is 20.8 Å². The molecule has 1 saturated carbocycles. The van der Waals surface area contributed by atoms with Gasteiger partial charge < -0.3 is 4.74 Å². The largest absolute Gasteiger partial charge is 0.378 e. The molecule has 2 atom stereocenters. The Morgan fingerprint density at radius 2 is 2.05 bits per heavy atom. The van der Waals surface area contributed by atoms with Crippen molar-refractivity contribution in [2.75, 3.05) is 26.3 Å². The Labute approximate surface area is 124 Å². The Hall–Kier alpha value is -0.410. The minimum Gasteiger partial charge on any atom is -0.378 e. The van der Waals surface area contributed by atoms with Gasteiger partial charge in [0.25, 0.3) is 0 Å². The quantitative estimate of drug-likeness (QED) is 0.779. The molecule has 1 aliphatic heterocycles. The molecule has 2 rings (SSSR count). The number of hydrogen-bond acceptors (Lipinski definition) is 3. The standard InChI is InChI=1S/C17H31NO2/c1-16(2,3)14-6-7-15(19)13(10-14)11-18-8-9-20-12-17(18,4)5/h13-14H,6-12H2,1-5H3. The van der Waals surface area contributed by atoms with Crippen LogP contribution in [0.25, 0.3) is 0 Å². The highest BCUT2D eigenvalue weighted by atomic mass is 16.5. The summed E-state index contributed by atoms with van der Waals surface area (Å²) in [5.41, 5.74) is 0.382. The molecule has 0 amide bonds. The summed E-state index contributed by atoms with van der Waals surface area (Å²) in [6.07, 6.45) is 2.92. The van der Waals surface area contributed by atoms with Crippen molar-refractivity contribution < 1.29 is 9.53 Å². The molecular formula is C17H31NO2. The molecule has 3 nitrogen and oxygen atoms in total. The highest BCUT2D eigenvalue weighted by molar-refractivity contribution is 5.82. The molecule has 0 spiro atoms. The van der Waals surface area contributed by atoms with E-state index in [-0.39, 0.29) is 11.5 Å². The zero-order valence-corrected chi connectivity index (χ0v) is 13.9. The minimum absolute atomic E-state index is 0.0627. The molecule has 0 bridgehead atoms. The summed E-state index contributed by atoms with van der Waals surface area (Å²) in [7, 11) is 0. The first-order chi connectivity index (χ1) is 9.20. The number of ether oxygens (including phenoxy) is 1. The Bertz CT molecular complexity index is 356. The van der Waals surface area contributed by atoms with Crippen molar-refractivity contribution in [1.29, 1.82) is 0 Å². The van der Waals surface area contributed by atoms with Gasteiger partial charge in [0.15, 0.2) is 0 Å². The monoisotopic (exact) mass is 281 g/mol. The summed E-state index contributed by atoms with van der Waals surface area (Å²) in [6, 6.07) is 0. The first-order valence-electron chi connectivity index (χ1n) is 8.05. The lowest BCUT2D eigenvalue weighted by atomic mass is 9.68. The van der Waals surface area contributed by atoms with Crippen LogP contribution in [0, 0.1) is 17.3 Å². The third kappa shape index (κ3) is 3.62. The van der Waals surface area contributed by atoms with Crippen molar-refractivity contribution >= 4 is 5.78 Å². The molecular weight excluding hydrogens is 250 g/mol. The van der Waals surface area contributed by atoms with E-state index in [1.54, 1.807) is 0 Å². The zero-order chi connectivity index (χ0) is 15.0. The van der Waals surface area contributed by atoms with Crippen LogP contribution in [0.4, 0.5) is 0 Å². The fraction of sp³-hybridized carbons (Fsp3) is 0.941. The van der Waals surface area contributed by atoms with E-state index < -0.39 is 0 Å². The number of Topliss-reactive ketones (excluding diaryl/α,β-unsaturated/α-hetero) is 1. The summed E-state index contributed by atoms with van der Waals surface area (Å²) in [6.45, 7) is 14.8. The molecule has 0 radical (unpaired) electrons. The van der Waals surface area contributed by atoms with Crippen LogP contribution in [0.5, 0.6) is 0 Å². The van der Waals surface area contributed by atoms with Gasteiger partial charge in [0.2, 0.25) is 0 Å². The zero-order valence-electron chi connectivity index (χ0n) is 13.9. The number of carbonyl (C=O) groups excluding carboxylic acids is 1. The highest BCUT2D eigenvalue weighted by Gasteiger charge is 2.38. The molecule has 1 aliphatic carbocycles. The van der Waals surface area contributed by atoms with Gasteiger partial charge in [-0.15, -0.1) is 0 Å². The van der Waals surface area contributed by atoms with E-state index in [0.29, 0.717) is 17.1 Å². The van der Waals surface area contributed by atoms with Crippen molar-refractivity contribution in [1.82, 2.24) is 4.90 Å². The van der Waals surface area contributed by atoms with E-state index in [9.17, 15) is 4.79 Å². The van der Waals surface area contributed by atoms with E-state index in [0.717, 1.165) is 45.6 Å². The molecule has 2 aliphatic rings. The highest BCUT2D eigenvalue weighted by Crippen LogP contribution is 2.39. The van der Waals surface area contributed by atoms with E-state index in [4.69, 9.17) is 4.74 Å². The van der Waals surface area contributed by atoms with Crippen molar-refractivity contribution in [2.24, 2.45) is 17.3 Å². The van der Waals surface area contributed by atoms with Crippen LogP contribution in [0.1, 0.15) is 53.9 Å². The van der Waals surface area contributed by atoms with Crippen LogP contribution in [-0.4, -0.2) is 42.5 Å². The van der Waals surface area contributed by atoms with Crippen LogP contribution in [0.2, 0.25) is 0 Å². The Balaban J connectivity index is 2.01. The van der Waals surface area contributed by atoms with Gasteiger partial charge in [0, 0.05) is 31.0 Å². The first kappa shape index (κ1) is 16.0. The van der Waals surface area contributed by atoms with Crippen molar-refractivity contribution in [3.05, 3.63) is 0 Å². The number of nitrogens with zero attached hydrogens (tertiary/aromatic N) is 1. The lowest BCUT2D eigenvalue weighted by molar-refractivity contribution is -0.129. The van der Waals surface area contributed by atoms with Crippen LogP contribution in [0.3, 0.4) is 0 Å². The van der Waals surface area contributed by atoms with Gasteiger partial charge in [0.1, 0.15) is 5.78 Å². The number of morpholine rings is 1. The summed E-state index contributed by atoms with van der Waals surface area (Å²) >= 11 is 0. The first-order valence-corrected chi connectivity index (χ1v) is 8.05. The molecule has 0 N–H and O–H groups in total. The SMILES string of the molecule is CC(C)(C)C1CCC(=O)C(CN2CCOCC2(C)C)C1. The average Bonchev–Trinajstić information content (AvgIpc) is 2.32. The fourth-order valence-electron chi connectivity index (χ4n) is 3.57. The molecule has 2 fully saturated rings. The topological polar surface area (TPSA) is 29.5 Å².